The zero-order valence-electron chi connectivity index (χ0n) is 13.1. The molecule has 1 atom stereocenters. The van der Waals surface area contributed by atoms with Crippen LogP contribution in [0, 0.1) is 17.3 Å². The molecule has 1 fully saturated rings. The van der Waals surface area contributed by atoms with Gasteiger partial charge in [-0.2, -0.15) is 0 Å². The fourth-order valence-electron chi connectivity index (χ4n) is 3.16. The molecule has 1 aliphatic carbocycles. The Kier molecular flexibility index (Phi) is 6.50. The molecular formula is C16H29NO3. The maximum Gasteiger partial charge on any atom is 0.303 e. The number of amides is 1. The fourth-order valence-corrected chi connectivity index (χ4v) is 3.16. The third-order valence-corrected chi connectivity index (χ3v) is 4.32. The Balaban J connectivity index is 2.48. The van der Waals surface area contributed by atoms with E-state index in [1.165, 1.54) is 6.42 Å². The van der Waals surface area contributed by atoms with Crippen molar-refractivity contribution in [3.8, 4) is 0 Å². The van der Waals surface area contributed by atoms with Gasteiger partial charge >= 0.3 is 5.97 Å². The number of carbonyl (C=O) groups excluding carboxylic acids is 1. The Hall–Kier alpha value is -1.06. The SMILES string of the molecule is CC(C)C[C@H](CNC(=O)C1(C)CCCCC1)CC(=O)O. The molecule has 0 saturated heterocycles. The monoisotopic (exact) mass is 283 g/mol. The minimum atomic E-state index is -0.784. The normalized spacial score (nSPS) is 19.6. The number of carbonyl (C=O) groups is 2. The average Bonchev–Trinajstić information content (AvgIpc) is 2.35. The number of aliphatic carboxylic acids is 1. The summed E-state index contributed by atoms with van der Waals surface area (Å²) < 4.78 is 0. The van der Waals surface area contributed by atoms with E-state index in [-0.39, 0.29) is 23.7 Å². The lowest BCUT2D eigenvalue weighted by Crippen LogP contribution is -2.42. The molecule has 116 valence electrons. The van der Waals surface area contributed by atoms with Crippen LogP contribution in [0.15, 0.2) is 0 Å². The number of carboxylic acid groups (broad SMARTS) is 1. The first kappa shape index (κ1) is 17.0. The molecule has 4 heteroatoms. The van der Waals surface area contributed by atoms with Gasteiger partial charge in [0.05, 0.1) is 0 Å². The Morgan fingerprint density at radius 3 is 2.30 bits per heavy atom. The molecule has 4 nitrogen and oxygen atoms in total. The molecule has 2 N–H and O–H groups in total. The van der Waals surface area contributed by atoms with Crippen LogP contribution in [-0.4, -0.2) is 23.5 Å². The topological polar surface area (TPSA) is 66.4 Å². The number of nitrogens with one attached hydrogen (secondary N) is 1. The maximum absolute atomic E-state index is 12.3. The van der Waals surface area contributed by atoms with Crippen LogP contribution >= 0.6 is 0 Å². The van der Waals surface area contributed by atoms with Gasteiger partial charge in [0.15, 0.2) is 0 Å². The summed E-state index contributed by atoms with van der Waals surface area (Å²) in [4.78, 5) is 23.2. The first-order chi connectivity index (χ1) is 9.33. The molecule has 0 aromatic heterocycles. The van der Waals surface area contributed by atoms with Crippen LogP contribution in [0.3, 0.4) is 0 Å². The van der Waals surface area contributed by atoms with Crippen LogP contribution in [0.5, 0.6) is 0 Å². The van der Waals surface area contributed by atoms with Crippen LogP contribution in [0.25, 0.3) is 0 Å². The minimum absolute atomic E-state index is 0.0311. The fraction of sp³-hybridized carbons (Fsp3) is 0.875. The molecule has 1 rings (SSSR count). The van der Waals surface area contributed by atoms with Crippen LogP contribution in [0.4, 0.5) is 0 Å². The third-order valence-electron chi connectivity index (χ3n) is 4.32. The van der Waals surface area contributed by atoms with E-state index in [0.29, 0.717) is 12.5 Å². The molecule has 1 aliphatic rings. The highest BCUT2D eigenvalue weighted by molar-refractivity contribution is 5.82. The van der Waals surface area contributed by atoms with Gasteiger partial charge in [0.1, 0.15) is 0 Å². The van der Waals surface area contributed by atoms with Crippen LogP contribution in [0.1, 0.15) is 65.7 Å². The van der Waals surface area contributed by atoms with Crippen molar-refractivity contribution in [2.75, 3.05) is 6.54 Å². The summed E-state index contributed by atoms with van der Waals surface area (Å²) in [6.45, 7) is 6.69. The van der Waals surface area contributed by atoms with Gasteiger partial charge in [0.25, 0.3) is 0 Å². The summed E-state index contributed by atoms with van der Waals surface area (Å²) in [6.07, 6.45) is 6.33. The zero-order chi connectivity index (χ0) is 15.2. The van der Waals surface area contributed by atoms with E-state index in [2.05, 4.69) is 19.2 Å². The van der Waals surface area contributed by atoms with E-state index < -0.39 is 5.97 Å². The molecule has 0 unspecified atom stereocenters. The van der Waals surface area contributed by atoms with E-state index in [1.807, 2.05) is 6.92 Å². The van der Waals surface area contributed by atoms with E-state index in [0.717, 1.165) is 32.1 Å². The van der Waals surface area contributed by atoms with E-state index in [1.54, 1.807) is 0 Å². The molecule has 0 radical (unpaired) electrons. The van der Waals surface area contributed by atoms with Gasteiger partial charge in [-0.1, -0.05) is 40.0 Å². The van der Waals surface area contributed by atoms with Crippen LogP contribution in [0.2, 0.25) is 0 Å². The third kappa shape index (κ3) is 5.51. The van der Waals surface area contributed by atoms with E-state index >= 15 is 0 Å². The zero-order valence-corrected chi connectivity index (χ0v) is 13.1. The van der Waals surface area contributed by atoms with Crippen LogP contribution in [-0.2, 0) is 9.59 Å². The van der Waals surface area contributed by atoms with E-state index in [9.17, 15) is 9.59 Å². The molecule has 1 amide bonds. The Labute approximate surface area is 122 Å². The predicted octanol–water partition coefficient (Wildman–Crippen LogP) is 3.21. The van der Waals surface area contributed by atoms with Gasteiger partial charge in [-0.05, 0) is 31.1 Å². The van der Waals surface area contributed by atoms with Crippen molar-refractivity contribution in [1.29, 1.82) is 0 Å². The molecule has 0 aromatic carbocycles. The summed E-state index contributed by atoms with van der Waals surface area (Å²) >= 11 is 0. The predicted molar refractivity (Wildman–Crippen MR) is 79.4 cm³/mol. The van der Waals surface area contributed by atoms with Crippen molar-refractivity contribution in [2.45, 2.75) is 65.7 Å². The molecule has 0 aliphatic heterocycles. The summed E-state index contributed by atoms with van der Waals surface area (Å²) in [5.74, 6) is -0.199. The Morgan fingerprint density at radius 2 is 1.80 bits per heavy atom. The number of hydrogen-bond donors (Lipinski definition) is 2. The smallest absolute Gasteiger partial charge is 0.303 e. The van der Waals surface area contributed by atoms with Crippen molar-refractivity contribution in [2.24, 2.45) is 17.3 Å². The highest BCUT2D eigenvalue weighted by atomic mass is 16.4. The lowest BCUT2D eigenvalue weighted by Gasteiger charge is -2.32. The Morgan fingerprint density at radius 1 is 1.20 bits per heavy atom. The second kappa shape index (κ2) is 7.65. The Bertz CT molecular complexity index is 333. The second-order valence-electron chi connectivity index (χ2n) is 6.92. The minimum Gasteiger partial charge on any atom is -0.481 e. The number of rotatable bonds is 7. The van der Waals surface area contributed by atoms with Crippen molar-refractivity contribution in [3.05, 3.63) is 0 Å². The summed E-state index contributed by atoms with van der Waals surface area (Å²) in [7, 11) is 0. The molecule has 1 saturated carbocycles. The molecule has 0 bridgehead atoms. The lowest BCUT2D eigenvalue weighted by atomic mass is 9.75. The maximum atomic E-state index is 12.3. The molecular weight excluding hydrogens is 254 g/mol. The largest absolute Gasteiger partial charge is 0.481 e. The highest BCUT2D eigenvalue weighted by Gasteiger charge is 2.34. The van der Waals surface area contributed by atoms with Crippen molar-refractivity contribution >= 4 is 11.9 Å². The van der Waals surface area contributed by atoms with Gasteiger partial charge < -0.3 is 10.4 Å². The first-order valence-corrected chi connectivity index (χ1v) is 7.83. The summed E-state index contributed by atoms with van der Waals surface area (Å²) in [5, 5.41) is 12.0. The standard InChI is InChI=1S/C16H29NO3/c1-12(2)9-13(10-14(18)19)11-17-15(20)16(3)7-5-4-6-8-16/h12-13H,4-11H2,1-3H3,(H,17,20)(H,18,19)/t13-/m0/s1. The number of carboxylic acids is 1. The number of hydrogen-bond acceptors (Lipinski definition) is 2. The van der Waals surface area contributed by atoms with E-state index in [4.69, 9.17) is 5.11 Å². The summed E-state index contributed by atoms with van der Waals surface area (Å²) in [5.41, 5.74) is -0.246. The average molecular weight is 283 g/mol. The van der Waals surface area contributed by atoms with Gasteiger partial charge in [0.2, 0.25) is 5.91 Å². The molecule has 0 aromatic rings. The van der Waals surface area contributed by atoms with Gasteiger partial charge in [-0.3, -0.25) is 9.59 Å². The molecule has 0 heterocycles. The van der Waals surface area contributed by atoms with Crippen molar-refractivity contribution in [3.63, 3.8) is 0 Å². The van der Waals surface area contributed by atoms with Gasteiger partial charge in [-0.15, -0.1) is 0 Å². The van der Waals surface area contributed by atoms with Gasteiger partial charge in [0, 0.05) is 18.4 Å². The molecule has 20 heavy (non-hydrogen) atoms. The van der Waals surface area contributed by atoms with Crippen molar-refractivity contribution < 1.29 is 14.7 Å². The lowest BCUT2D eigenvalue weighted by molar-refractivity contribution is -0.139. The highest BCUT2D eigenvalue weighted by Crippen LogP contribution is 2.35. The second-order valence-corrected chi connectivity index (χ2v) is 6.92. The quantitative estimate of drug-likeness (QED) is 0.754. The van der Waals surface area contributed by atoms with Crippen molar-refractivity contribution in [1.82, 2.24) is 5.32 Å². The molecule has 0 spiro atoms. The van der Waals surface area contributed by atoms with Gasteiger partial charge in [-0.25, -0.2) is 0 Å². The first-order valence-electron chi connectivity index (χ1n) is 7.83. The summed E-state index contributed by atoms with van der Waals surface area (Å²) in [6, 6.07) is 0. The van der Waals surface area contributed by atoms with Crippen LogP contribution < -0.4 is 5.32 Å².